The molecule has 1 saturated heterocycles. The maximum atomic E-state index is 6.11. The second-order valence-corrected chi connectivity index (χ2v) is 7.20. The van der Waals surface area contributed by atoms with Crippen molar-refractivity contribution in [1.82, 2.24) is 5.32 Å². The fraction of sp³-hybridized carbons (Fsp3) is 0.684. The third-order valence-electron chi connectivity index (χ3n) is 4.10. The third-order valence-corrected chi connectivity index (χ3v) is 4.10. The van der Waals surface area contributed by atoms with Crippen molar-refractivity contribution in [3.05, 3.63) is 23.8 Å². The second-order valence-electron chi connectivity index (χ2n) is 7.20. The molecule has 1 aromatic carbocycles. The molecular formula is C19H32N2O. The SMILES string of the molecule is CC1CCCN(c2ccc(CNC(C)C)cc2OC(C)C)C1. The first-order valence-electron chi connectivity index (χ1n) is 8.73. The van der Waals surface area contributed by atoms with Crippen molar-refractivity contribution in [2.45, 2.75) is 66.2 Å². The Kier molecular flexibility index (Phi) is 6.13. The molecule has 1 atom stereocenters. The van der Waals surface area contributed by atoms with E-state index in [0.717, 1.165) is 31.3 Å². The van der Waals surface area contributed by atoms with Gasteiger partial charge < -0.3 is 15.0 Å². The number of rotatable bonds is 6. The summed E-state index contributed by atoms with van der Waals surface area (Å²) in [4.78, 5) is 2.49. The molecule has 1 aliphatic rings. The number of benzene rings is 1. The van der Waals surface area contributed by atoms with Crippen LogP contribution in [0, 0.1) is 5.92 Å². The smallest absolute Gasteiger partial charge is 0.143 e. The third kappa shape index (κ3) is 4.91. The van der Waals surface area contributed by atoms with Crippen molar-refractivity contribution in [3.63, 3.8) is 0 Å². The number of hydrogen-bond donors (Lipinski definition) is 1. The molecule has 3 heteroatoms. The summed E-state index contributed by atoms with van der Waals surface area (Å²) in [6.45, 7) is 14.1. The molecular weight excluding hydrogens is 272 g/mol. The minimum Gasteiger partial charge on any atom is -0.489 e. The van der Waals surface area contributed by atoms with E-state index in [0.29, 0.717) is 6.04 Å². The number of nitrogens with zero attached hydrogens (tertiary/aromatic N) is 1. The van der Waals surface area contributed by atoms with E-state index in [-0.39, 0.29) is 6.10 Å². The summed E-state index contributed by atoms with van der Waals surface area (Å²) in [6.07, 6.45) is 2.82. The number of anilines is 1. The van der Waals surface area contributed by atoms with Crippen LogP contribution in [0.3, 0.4) is 0 Å². The van der Waals surface area contributed by atoms with Gasteiger partial charge in [-0.25, -0.2) is 0 Å². The number of nitrogens with one attached hydrogen (secondary N) is 1. The summed E-state index contributed by atoms with van der Waals surface area (Å²) in [6, 6.07) is 7.19. The lowest BCUT2D eigenvalue weighted by atomic mass is 9.99. The molecule has 124 valence electrons. The molecule has 1 fully saturated rings. The normalized spacial score (nSPS) is 19.0. The van der Waals surface area contributed by atoms with Crippen LogP contribution in [0.4, 0.5) is 5.69 Å². The summed E-state index contributed by atoms with van der Waals surface area (Å²) < 4.78 is 6.11. The zero-order chi connectivity index (χ0) is 16.1. The van der Waals surface area contributed by atoms with E-state index in [1.54, 1.807) is 0 Å². The molecule has 0 bridgehead atoms. The van der Waals surface area contributed by atoms with Crippen molar-refractivity contribution in [3.8, 4) is 5.75 Å². The van der Waals surface area contributed by atoms with Crippen molar-refractivity contribution < 1.29 is 4.74 Å². The van der Waals surface area contributed by atoms with Crippen LogP contribution in [0.1, 0.15) is 53.0 Å². The molecule has 1 aromatic rings. The van der Waals surface area contributed by atoms with Gasteiger partial charge in [-0.2, -0.15) is 0 Å². The summed E-state index contributed by atoms with van der Waals surface area (Å²) in [5.74, 6) is 1.80. The highest BCUT2D eigenvalue weighted by Crippen LogP contribution is 2.33. The molecule has 0 radical (unpaired) electrons. The van der Waals surface area contributed by atoms with Crippen molar-refractivity contribution in [1.29, 1.82) is 0 Å². The molecule has 3 nitrogen and oxygen atoms in total. The van der Waals surface area contributed by atoms with E-state index in [9.17, 15) is 0 Å². The Bertz CT molecular complexity index is 471. The van der Waals surface area contributed by atoms with Gasteiger partial charge in [0.15, 0.2) is 0 Å². The van der Waals surface area contributed by atoms with Gasteiger partial charge in [0, 0.05) is 25.7 Å². The highest BCUT2D eigenvalue weighted by Gasteiger charge is 2.20. The Morgan fingerprint density at radius 1 is 1.27 bits per heavy atom. The van der Waals surface area contributed by atoms with E-state index in [4.69, 9.17) is 4.74 Å². The topological polar surface area (TPSA) is 24.5 Å². The van der Waals surface area contributed by atoms with Gasteiger partial charge in [-0.15, -0.1) is 0 Å². The van der Waals surface area contributed by atoms with Gasteiger partial charge in [0.25, 0.3) is 0 Å². The first-order chi connectivity index (χ1) is 10.5. The summed E-state index contributed by atoms with van der Waals surface area (Å²) in [7, 11) is 0. The predicted octanol–water partition coefficient (Wildman–Crippen LogP) is 4.21. The fourth-order valence-corrected chi connectivity index (χ4v) is 3.01. The number of ether oxygens (including phenoxy) is 1. The Labute approximate surface area is 136 Å². The standard InChI is InChI=1S/C19H32N2O/c1-14(2)20-12-17-8-9-18(19(11-17)22-15(3)4)21-10-6-7-16(5)13-21/h8-9,11,14-16,20H,6-7,10,12-13H2,1-5H3. The second kappa shape index (κ2) is 7.87. The zero-order valence-electron chi connectivity index (χ0n) is 14.9. The van der Waals surface area contributed by atoms with E-state index in [2.05, 4.69) is 63.0 Å². The van der Waals surface area contributed by atoms with Gasteiger partial charge in [-0.1, -0.05) is 26.8 Å². The quantitative estimate of drug-likeness (QED) is 0.852. The van der Waals surface area contributed by atoms with Crippen LogP contribution < -0.4 is 15.0 Å². The van der Waals surface area contributed by atoms with Crippen molar-refractivity contribution >= 4 is 5.69 Å². The Morgan fingerprint density at radius 3 is 2.68 bits per heavy atom. The molecule has 0 aromatic heterocycles. The van der Waals surface area contributed by atoms with Crippen LogP contribution in [0.2, 0.25) is 0 Å². The number of piperidine rings is 1. The minimum atomic E-state index is 0.203. The maximum absolute atomic E-state index is 6.11. The van der Waals surface area contributed by atoms with E-state index >= 15 is 0 Å². The lowest BCUT2D eigenvalue weighted by Crippen LogP contribution is -2.34. The first kappa shape index (κ1) is 17.1. The molecule has 1 unspecified atom stereocenters. The molecule has 1 heterocycles. The lowest BCUT2D eigenvalue weighted by molar-refractivity contribution is 0.242. The molecule has 2 rings (SSSR count). The van der Waals surface area contributed by atoms with E-state index in [1.165, 1.54) is 24.1 Å². The summed E-state index contributed by atoms with van der Waals surface area (Å²) >= 11 is 0. The van der Waals surface area contributed by atoms with Crippen molar-refractivity contribution in [2.75, 3.05) is 18.0 Å². The molecule has 1 aliphatic heterocycles. The predicted molar refractivity (Wildman–Crippen MR) is 94.8 cm³/mol. The van der Waals surface area contributed by atoms with Crippen LogP contribution in [-0.2, 0) is 6.54 Å². The van der Waals surface area contributed by atoms with Crippen LogP contribution in [0.25, 0.3) is 0 Å². The monoisotopic (exact) mass is 304 g/mol. The van der Waals surface area contributed by atoms with Crippen LogP contribution >= 0.6 is 0 Å². The minimum absolute atomic E-state index is 0.203. The molecule has 22 heavy (non-hydrogen) atoms. The molecule has 1 N–H and O–H groups in total. The van der Waals surface area contributed by atoms with Crippen LogP contribution in [-0.4, -0.2) is 25.2 Å². The van der Waals surface area contributed by atoms with Crippen molar-refractivity contribution in [2.24, 2.45) is 5.92 Å². The summed E-state index contributed by atoms with van der Waals surface area (Å²) in [5, 5.41) is 3.48. The fourth-order valence-electron chi connectivity index (χ4n) is 3.01. The van der Waals surface area contributed by atoms with E-state index in [1.807, 2.05) is 0 Å². The zero-order valence-corrected chi connectivity index (χ0v) is 14.9. The van der Waals surface area contributed by atoms with Crippen LogP contribution in [0.15, 0.2) is 18.2 Å². The van der Waals surface area contributed by atoms with Gasteiger partial charge in [0.2, 0.25) is 0 Å². The molecule has 0 amide bonds. The average molecular weight is 304 g/mol. The molecule has 0 aliphatic carbocycles. The largest absolute Gasteiger partial charge is 0.489 e. The maximum Gasteiger partial charge on any atom is 0.143 e. The Morgan fingerprint density at radius 2 is 2.05 bits per heavy atom. The number of hydrogen-bond acceptors (Lipinski definition) is 3. The first-order valence-corrected chi connectivity index (χ1v) is 8.73. The van der Waals surface area contributed by atoms with Gasteiger partial charge in [0.05, 0.1) is 11.8 Å². The highest BCUT2D eigenvalue weighted by molar-refractivity contribution is 5.60. The van der Waals surface area contributed by atoms with Gasteiger partial charge in [-0.05, 0) is 50.3 Å². The Balaban J connectivity index is 2.19. The highest BCUT2D eigenvalue weighted by atomic mass is 16.5. The lowest BCUT2D eigenvalue weighted by Gasteiger charge is -2.34. The molecule has 0 spiro atoms. The van der Waals surface area contributed by atoms with Gasteiger partial charge in [0.1, 0.15) is 5.75 Å². The summed E-state index contributed by atoms with van der Waals surface area (Å²) in [5.41, 5.74) is 2.55. The van der Waals surface area contributed by atoms with Gasteiger partial charge >= 0.3 is 0 Å². The van der Waals surface area contributed by atoms with E-state index < -0.39 is 0 Å². The molecule has 0 saturated carbocycles. The average Bonchev–Trinajstić information content (AvgIpc) is 2.44. The Hall–Kier alpha value is -1.22. The van der Waals surface area contributed by atoms with Gasteiger partial charge in [-0.3, -0.25) is 0 Å². The van der Waals surface area contributed by atoms with Crippen LogP contribution in [0.5, 0.6) is 5.75 Å².